The second-order valence-corrected chi connectivity index (χ2v) is 20.4. The number of amides is 4. The number of rotatable bonds is 35. The molecule has 0 saturated carbocycles. The molecule has 2 aliphatic rings. The Labute approximate surface area is 455 Å². The molecule has 1 heterocycles. The number of amidine groups is 1. The summed E-state index contributed by atoms with van der Waals surface area (Å²) < 4.78 is 5.93. The van der Waals surface area contributed by atoms with Crippen LogP contribution in [0, 0.1) is 23.2 Å². The number of benzene rings is 3. The zero-order valence-corrected chi connectivity index (χ0v) is 45.5. The van der Waals surface area contributed by atoms with Crippen LogP contribution in [0.15, 0.2) is 74.9 Å². The van der Waals surface area contributed by atoms with E-state index in [1.54, 1.807) is 36.4 Å². The van der Waals surface area contributed by atoms with Gasteiger partial charge in [0.2, 0.25) is 17.7 Å². The fourth-order valence-corrected chi connectivity index (χ4v) is 9.16. The van der Waals surface area contributed by atoms with Crippen molar-refractivity contribution in [2.75, 3.05) is 19.6 Å². The third-order valence-electron chi connectivity index (χ3n) is 13.8. The van der Waals surface area contributed by atoms with Crippen molar-refractivity contribution >= 4 is 63.7 Å². The second-order valence-electron chi connectivity index (χ2n) is 20.4. The minimum atomic E-state index is -1.08. The normalized spacial score (nSPS) is 14.0. The maximum Gasteiger partial charge on any atom is 0.251 e. The number of carbonyl (C=O) groups is 7. The Kier molecular flexibility index (Phi) is 25.6. The number of nitrogens with one attached hydrogen (secondary N) is 5. The van der Waals surface area contributed by atoms with Gasteiger partial charge in [0.05, 0.1) is 24.0 Å². The molecule has 0 aromatic heterocycles. The molecule has 4 amide bonds. The molecule has 424 valence electrons. The topological polar surface area (TPSA) is 384 Å². The SMILES string of the molecule is C[C@H](CCCCC(=N)N)NC(=O)[C@H](CCCCN)CC(=O)[C@H](CCCCN)NC(=O)[C@H](CCCN=C(N)N)CC(=O)[C@H](C)NC(=O)[C@H](C)CC(=O)[C@H](C)NC(=O)c1ccc(-c2c3ccc(=O)cc-3oc3cc(O)ccc23)cc1. The van der Waals surface area contributed by atoms with Crippen LogP contribution in [0.1, 0.15) is 134 Å². The van der Waals surface area contributed by atoms with Crippen molar-refractivity contribution in [1.29, 1.82) is 5.41 Å². The number of phenols is 1. The van der Waals surface area contributed by atoms with Crippen LogP contribution in [0.5, 0.6) is 5.75 Å². The molecule has 7 atom stereocenters. The van der Waals surface area contributed by atoms with Crippen molar-refractivity contribution in [3.63, 3.8) is 0 Å². The molecule has 0 radical (unpaired) electrons. The first-order chi connectivity index (χ1) is 37.1. The summed E-state index contributed by atoms with van der Waals surface area (Å²) in [5, 5.41) is 29.5. The van der Waals surface area contributed by atoms with Gasteiger partial charge in [-0.25, -0.2) is 0 Å². The number of aromatic hydroxyl groups is 1. The average Bonchev–Trinajstić information content (AvgIpc) is 3.39. The van der Waals surface area contributed by atoms with Crippen LogP contribution >= 0.6 is 0 Å². The molecule has 21 nitrogen and oxygen atoms in total. The van der Waals surface area contributed by atoms with Crippen molar-refractivity contribution in [2.45, 2.75) is 148 Å². The van der Waals surface area contributed by atoms with Crippen molar-refractivity contribution < 1.29 is 43.1 Å². The first kappa shape index (κ1) is 63.0. The Balaban J connectivity index is 1.38. The summed E-state index contributed by atoms with van der Waals surface area (Å²) in [4.78, 5) is 112. The van der Waals surface area contributed by atoms with Crippen molar-refractivity contribution in [2.24, 2.45) is 51.4 Å². The molecule has 0 bridgehead atoms. The van der Waals surface area contributed by atoms with E-state index in [0.29, 0.717) is 98.7 Å². The van der Waals surface area contributed by atoms with E-state index < -0.39 is 65.2 Å². The number of Topliss-reactive ketones (excluding diaryl/α,β-unsaturated/α-hetero) is 3. The average molecular weight is 1080 g/mol. The van der Waals surface area contributed by atoms with Crippen LogP contribution < -0.4 is 55.4 Å². The summed E-state index contributed by atoms with van der Waals surface area (Å²) in [5.74, 6) is -5.50. The molecule has 1 aliphatic carbocycles. The number of nitrogens with two attached hydrogens (primary N) is 5. The number of ketones is 3. The summed E-state index contributed by atoms with van der Waals surface area (Å²) in [6.07, 6.45) is 5.37. The van der Waals surface area contributed by atoms with E-state index in [-0.39, 0.29) is 84.9 Å². The predicted molar refractivity (Wildman–Crippen MR) is 301 cm³/mol. The fraction of sp³-hybridized carbons (Fsp3) is 0.509. The molecule has 2 aromatic rings. The third kappa shape index (κ3) is 20.1. The third-order valence-corrected chi connectivity index (χ3v) is 13.8. The number of nitrogens with zero attached hydrogens (tertiary/aromatic N) is 1. The fourth-order valence-electron chi connectivity index (χ4n) is 9.16. The van der Waals surface area contributed by atoms with E-state index in [4.69, 9.17) is 38.5 Å². The largest absolute Gasteiger partial charge is 0.508 e. The van der Waals surface area contributed by atoms with Gasteiger partial charge in [-0.05, 0) is 134 Å². The molecular formula is C57H81N11O10. The molecule has 4 rings (SSSR count). The van der Waals surface area contributed by atoms with Crippen molar-refractivity contribution in [3.05, 3.63) is 76.5 Å². The number of aliphatic imine (C=N–C) groups is 1. The van der Waals surface area contributed by atoms with Crippen LogP contribution in [0.2, 0.25) is 0 Å². The summed E-state index contributed by atoms with van der Waals surface area (Å²) >= 11 is 0. The minimum Gasteiger partial charge on any atom is -0.508 e. The molecular weight excluding hydrogens is 999 g/mol. The first-order valence-electron chi connectivity index (χ1n) is 27.0. The van der Waals surface area contributed by atoms with E-state index in [0.717, 1.165) is 12.0 Å². The molecule has 0 spiro atoms. The van der Waals surface area contributed by atoms with Gasteiger partial charge in [0, 0.05) is 90.2 Å². The maximum absolute atomic E-state index is 14.2. The van der Waals surface area contributed by atoms with Gasteiger partial charge in [-0.15, -0.1) is 0 Å². The Morgan fingerprint density at radius 3 is 1.90 bits per heavy atom. The van der Waals surface area contributed by atoms with Crippen LogP contribution in [-0.4, -0.2) is 102 Å². The van der Waals surface area contributed by atoms with Crippen LogP contribution in [-0.2, 0) is 28.8 Å². The van der Waals surface area contributed by atoms with E-state index in [1.807, 2.05) is 6.92 Å². The lowest BCUT2D eigenvalue weighted by Crippen LogP contribution is -2.47. The smallest absolute Gasteiger partial charge is 0.251 e. The van der Waals surface area contributed by atoms with E-state index in [9.17, 15) is 43.5 Å². The van der Waals surface area contributed by atoms with Crippen molar-refractivity contribution in [3.8, 4) is 28.2 Å². The molecule has 0 saturated heterocycles. The number of hydrogen-bond acceptors (Lipinski definition) is 14. The van der Waals surface area contributed by atoms with Gasteiger partial charge in [0.15, 0.2) is 28.7 Å². The first-order valence-corrected chi connectivity index (χ1v) is 27.0. The summed E-state index contributed by atoms with van der Waals surface area (Å²) in [5.41, 5.74) is 30.5. The maximum atomic E-state index is 14.2. The van der Waals surface area contributed by atoms with Crippen LogP contribution in [0.3, 0.4) is 0 Å². The standard InChI is InChI=1S/C57H81N11O10/c1-33(28-46(71)35(3)67-54(75)38-19-17-37(18-20-38)52-43-23-21-41(69)31-49(43)78-50-32-42(70)22-24-44(50)52)53(74)66-36(4)47(72)29-40(14-11-27-64-57(62)63)56(77)68-45(15-8-10-26-59)48(73)30-39(13-7-9-25-58)55(76)65-34(2)12-5-6-16-51(60)61/h17-24,31-36,39-40,45,69H,5-16,25-30,58-59H2,1-4H3,(H3,60,61)(H,65,76)(H,66,74)(H,67,75)(H,68,77)(H4,62,63,64)/t33-,34-,35+,36+,39-,40-,45+/m1/s1. The summed E-state index contributed by atoms with van der Waals surface area (Å²) in [6, 6.07) is 12.5. The van der Waals surface area contributed by atoms with Gasteiger partial charge in [-0.1, -0.05) is 31.9 Å². The zero-order chi connectivity index (χ0) is 57.5. The van der Waals surface area contributed by atoms with Crippen molar-refractivity contribution in [1.82, 2.24) is 21.3 Å². The Bertz CT molecular complexity index is 2760. The van der Waals surface area contributed by atoms with Gasteiger partial charge in [-0.3, -0.25) is 48.8 Å². The molecule has 0 fully saturated rings. The molecule has 0 unspecified atom stereocenters. The highest BCUT2D eigenvalue weighted by atomic mass is 16.3. The van der Waals surface area contributed by atoms with Gasteiger partial charge < -0.3 is 59.5 Å². The molecule has 1 aliphatic heterocycles. The predicted octanol–water partition coefficient (Wildman–Crippen LogP) is 4.44. The monoisotopic (exact) mass is 1080 g/mol. The number of phenolic OH excluding ortho intramolecular Hbond substituents is 1. The minimum absolute atomic E-state index is 0.0140. The lowest BCUT2D eigenvalue weighted by molar-refractivity contribution is -0.135. The van der Waals surface area contributed by atoms with Crippen LogP contribution in [0.4, 0.5) is 0 Å². The second kappa shape index (κ2) is 31.6. The van der Waals surface area contributed by atoms with Gasteiger partial charge in [0.25, 0.3) is 5.91 Å². The van der Waals surface area contributed by atoms with Gasteiger partial charge in [0.1, 0.15) is 17.1 Å². The summed E-state index contributed by atoms with van der Waals surface area (Å²) in [6.45, 7) is 7.33. The number of guanidine groups is 1. The number of unbranched alkanes of at least 4 members (excludes halogenated alkanes) is 3. The van der Waals surface area contributed by atoms with Gasteiger partial charge >= 0.3 is 0 Å². The molecule has 21 heteroatoms. The number of hydrogen-bond donors (Lipinski definition) is 11. The number of fused-ring (bicyclic) bond motifs is 2. The van der Waals surface area contributed by atoms with Crippen LogP contribution in [0.25, 0.3) is 33.4 Å². The highest BCUT2D eigenvalue weighted by Gasteiger charge is 2.32. The van der Waals surface area contributed by atoms with E-state index >= 15 is 0 Å². The molecule has 78 heavy (non-hydrogen) atoms. The van der Waals surface area contributed by atoms with E-state index in [1.165, 1.54) is 45.0 Å². The van der Waals surface area contributed by atoms with E-state index in [2.05, 4.69) is 26.3 Å². The number of carbonyl (C=O) groups excluding carboxylic acids is 7. The lowest BCUT2D eigenvalue weighted by atomic mass is 9.89. The summed E-state index contributed by atoms with van der Waals surface area (Å²) in [7, 11) is 0. The highest BCUT2D eigenvalue weighted by Crippen LogP contribution is 2.40. The Hall–Kier alpha value is -7.52. The quantitative estimate of drug-likeness (QED) is 0.0131. The Morgan fingerprint density at radius 2 is 1.24 bits per heavy atom. The Morgan fingerprint density at radius 1 is 0.641 bits per heavy atom. The zero-order valence-electron chi connectivity index (χ0n) is 45.5. The molecule has 2 aromatic carbocycles. The van der Waals surface area contributed by atoms with Gasteiger partial charge in [-0.2, -0.15) is 0 Å². The highest BCUT2D eigenvalue weighted by molar-refractivity contribution is 6.04. The molecule has 16 N–H and O–H groups in total. The lowest BCUT2D eigenvalue weighted by Gasteiger charge is -2.25.